The van der Waals surface area contributed by atoms with Crippen molar-refractivity contribution in [2.45, 2.75) is 44.1 Å². The Hall–Kier alpha value is -4.59. The molecule has 8 heteroatoms. The highest BCUT2D eigenvalue weighted by Crippen LogP contribution is 2.53. The van der Waals surface area contributed by atoms with Crippen molar-refractivity contribution in [3.05, 3.63) is 89.6 Å². The van der Waals surface area contributed by atoms with Crippen molar-refractivity contribution in [3.8, 4) is 16.9 Å². The normalized spacial score (nSPS) is 17.2. The molecule has 1 saturated heterocycles. The van der Waals surface area contributed by atoms with E-state index in [1.807, 2.05) is 42.5 Å². The molecule has 8 nitrogen and oxygen atoms in total. The van der Waals surface area contributed by atoms with Crippen LogP contribution in [-0.2, 0) is 26.1 Å². The number of pyridine rings is 1. The van der Waals surface area contributed by atoms with Gasteiger partial charge < -0.3 is 24.8 Å². The van der Waals surface area contributed by atoms with Crippen LogP contribution in [0.2, 0.25) is 0 Å². The zero-order valence-corrected chi connectivity index (χ0v) is 24.0. The first-order chi connectivity index (χ1) is 20.4. The van der Waals surface area contributed by atoms with E-state index in [1.165, 1.54) is 12.7 Å². The number of hydrogen-bond donors (Lipinski definition) is 1. The van der Waals surface area contributed by atoms with Crippen LogP contribution in [0.4, 0.5) is 10.6 Å². The summed E-state index contributed by atoms with van der Waals surface area (Å²) >= 11 is 0. The molecule has 0 saturated carbocycles. The number of aromatic nitrogens is 1. The van der Waals surface area contributed by atoms with Crippen LogP contribution >= 0.6 is 0 Å². The lowest BCUT2D eigenvalue weighted by atomic mass is 9.73. The lowest BCUT2D eigenvalue weighted by molar-refractivity contribution is -0.142. The van der Waals surface area contributed by atoms with Gasteiger partial charge >= 0.3 is 12.1 Å². The molecule has 1 spiro atoms. The van der Waals surface area contributed by atoms with Crippen LogP contribution in [0.3, 0.4) is 0 Å². The van der Waals surface area contributed by atoms with Gasteiger partial charge in [-0.1, -0.05) is 48.5 Å². The van der Waals surface area contributed by atoms with Crippen molar-refractivity contribution in [2.24, 2.45) is 0 Å². The maximum atomic E-state index is 12.4. The molecule has 42 heavy (non-hydrogen) atoms. The molecule has 3 aromatic carbocycles. The minimum atomic E-state index is -0.288. The minimum absolute atomic E-state index is 0.133. The summed E-state index contributed by atoms with van der Waals surface area (Å²) in [5.41, 5.74) is 11.4. The van der Waals surface area contributed by atoms with Crippen molar-refractivity contribution in [3.63, 3.8) is 0 Å². The van der Waals surface area contributed by atoms with E-state index in [0.717, 1.165) is 52.3 Å². The Morgan fingerprint density at radius 2 is 1.83 bits per heavy atom. The number of rotatable bonds is 6. The average molecular weight is 566 g/mol. The van der Waals surface area contributed by atoms with Crippen LogP contribution in [0, 0.1) is 0 Å². The number of benzene rings is 3. The molecule has 1 amide bonds. The Labute approximate surface area is 245 Å². The second-order valence-electron chi connectivity index (χ2n) is 11.0. The number of fused-ring (bicyclic) bond motifs is 3. The lowest BCUT2D eigenvalue weighted by Gasteiger charge is -2.39. The van der Waals surface area contributed by atoms with Gasteiger partial charge in [0, 0.05) is 35.7 Å². The monoisotopic (exact) mass is 565 g/mol. The van der Waals surface area contributed by atoms with Gasteiger partial charge in [0.15, 0.2) is 0 Å². The number of amides is 1. The van der Waals surface area contributed by atoms with Crippen molar-refractivity contribution in [1.29, 1.82) is 0 Å². The number of carbonyl (C=O) groups excluding carboxylic acids is 2. The molecule has 6 rings (SSSR count). The van der Waals surface area contributed by atoms with Gasteiger partial charge in [-0.25, -0.2) is 9.78 Å². The number of piperidine rings is 1. The van der Waals surface area contributed by atoms with Crippen molar-refractivity contribution in [2.75, 3.05) is 32.5 Å². The molecule has 0 radical (unpaired) electrons. The quantitative estimate of drug-likeness (QED) is 0.277. The van der Waals surface area contributed by atoms with Gasteiger partial charge in [0.1, 0.15) is 17.7 Å². The Balaban J connectivity index is 1.40. The lowest BCUT2D eigenvalue weighted by Crippen LogP contribution is -2.44. The zero-order valence-electron chi connectivity index (χ0n) is 24.0. The van der Waals surface area contributed by atoms with Gasteiger partial charge in [0.2, 0.25) is 0 Å². The number of ether oxygens (including phenoxy) is 3. The number of nitrogens with zero attached hydrogens (tertiary/aromatic N) is 2. The fourth-order valence-corrected chi connectivity index (χ4v) is 6.65. The molecule has 216 valence electrons. The molecule has 1 atom stereocenters. The van der Waals surface area contributed by atoms with Crippen LogP contribution in [0.5, 0.6) is 5.75 Å². The predicted molar refractivity (Wildman–Crippen MR) is 161 cm³/mol. The van der Waals surface area contributed by atoms with Crippen LogP contribution in [-0.4, -0.2) is 48.8 Å². The first-order valence-electron chi connectivity index (χ1n) is 14.4. The van der Waals surface area contributed by atoms with Crippen LogP contribution in [0.25, 0.3) is 21.9 Å². The standard InChI is InChI=1S/C34H35N3O5/c1-3-41-31(38)20-23-7-4-5-10-29(23)42-30-21-34(14-17-37(18-15-34)33(39)40-2)28-12-11-22(19-27(28)30)24-8-6-9-26-25(24)13-16-36-32(26)35/h4-13,16,19,30H,3,14-15,17-18,20-21H2,1-2H3,(H2,35,36)/t30-/m1/s1. The number of para-hydroxylation sites is 1. The summed E-state index contributed by atoms with van der Waals surface area (Å²) in [6.07, 6.45) is 3.78. The van der Waals surface area contributed by atoms with E-state index in [0.29, 0.717) is 31.3 Å². The highest BCUT2D eigenvalue weighted by atomic mass is 16.5. The molecular formula is C34H35N3O5. The Bertz CT molecular complexity index is 1640. The van der Waals surface area contributed by atoms with Gasteiger partial charge in [-0.2, -0.15) is 0 Å². The van der Waals surface area contributed by atoms with E-state index < -0.39 is 0 Å². The summed E-state index contributed by atoms with van der Waals surface area (Å²) in [5, 5.41) is 1.96. The predicted octanol–water partition coefficient (Wildman–Crippen LogP) is 6.21. The SMILES string of the molecule is CCOC(=O)Cc1ccccc1O[C@@H]1CC2(CCN(C(=O)OC)CC2)c2ccc(-c3cccc4c(N)nccc34)cc21. The number of methoxy groups -OCH3 is 1. The first-order valence-corrected chi connectivity index (χ1v) is 14.4. The largest absolute Gasteiger partial charge is 0.485 e. The molecule has 2 heterocycles. The summed E-state index contributed by atoms with van der Waals surface area (Å²) in [4.78, 5) is 30.6. The third-order valence-electron chi connectivity index (χ3n) is 8.73. The molecule has 0 unspecified atom stereocenters. The molecule has 1 fully saturated rings. The van der Waals surface area contributed by atoms with Gasteiger partial charge in [0.05, 0.1) is 20.1 Å². The highest BCUT2D eigenvalue weighted by Gasteiger charge is 2.47. The molecule has 2 aliphatic rings. The molecule has 0 bridgehead atoms. The third kappa shape index (κ3) is 5.02. The van der Waals surface area contributed by atoms with Gasteiger partial charge in [-0.15, -0.1) is 0 Å². The van der Waals surface area contributed by atoms with Gasteiger partial charge in [-0.3, -0.25) is 4.79 Å². The minimum Gasteiger partial charge on any atom is -0.485 e. The van der Waals surface area contributed by atoms with Gasteiger partial charge in [-0.05, 0) is 72.0 Å². The van der Waals surface area contributed by atoms with E-state index in [4.69, 9.17) is 19.9 Å². The molecule has 1 aliphatic heterocycles. The second-order valence-corrected chi connectivity index (χ2v) is 11.0. The fraction of sp³-hybridized carbons (Fsp3) is 0.324. The van der Waals surface area contributed by atoms with Crippen LogP contribution < -0.4 is 10.5 Å². The number of nitrogens with two attached hydrogens (primary N) is 1. The number of anilines is 1. The van der Waals surface area contributed by atoms with Crippen LogP contribution in [0.15, 0.2) is 72.9 Å². The second kappa shape index (κ2) is 11.4. The van der Waals surface area contributed by atoms with Crippen molar-refractivity contribution >= 4 is 28.7 Å². The molecule has 1 aromatic heterocycles. The number of nitrogen functional groups attached to an aromatic ring is 1. The van der Waals surface area contributed by atoms with E-state index in [1.54, 1.807) is 18.0 Å². The average Bonchev–Trinajstić information content (AvgIpc) is 3.29. The fourth-order valence-electron chi connectivity index (χ4n) is 6.65. The Kier molecular flexibility index (Phi) is 7.45. The summed E-state index contributed by atoms with van der Waals surface area (Å²) in [6.45, 7) is 3.38. The first kappa shape index (κ1) is 27.6. The highest BCUT2D eigenvalue weighted by molar-refractivity contribution is 6.01. The Morgan fingerprint density at radius 1 is 1.02 bits per heavy atom. The van der Waals surface area contributed by atoms with Crippen LogP contribution in [0.1, 0.15) is 49.0 Å². The zero-order chi connectivity index (χ0) is 29.3. The number of carbonyl (C=O) groups is 2. The summed E-state index contributed by atoms with van der Waals surface area (Å²) < 4.78 is 17.0. The molecule has 2 N–H and O–H groups in total. The van der Waals surface area contributed by atoms with Crippen molar-refractivity contribution in [1.82, 2.24) is 9.88 Å². The molecule has 4 aromatic rings. The van der Waals surface area contributed by atoms with E-state index in [-0.39, 0.29) is 30.0 Å². The smallest absolute Gasteiger partial charge is 0.409 e. The van der Waals surface area contributed by atoms with E-state index >= 15 is 0 Å². The van der Waals surface area contributed by atoms with Crippen molar-refractivity contribution < 1.29 is 23.8 Å². The van der Waals surface area contributed by atoms with Gasteiger partial charge in [0.25, 0.3) is 0 Å². The summed E-state index contributed by atoms with van der Waals surface area (Å²) in [6, 6.07) is 22.4. The van der Waals surface area contributed by atoms with E-state index in [2.05, 4.69) is 29.2 Å². The Morgan fingerprint density at radius 3 is 2.62 bits per heavy atom. The molecule has 1 aliphatic carbocycles. The maximum Gasteiger partial charge on any atom is 0.409 e. The summed E-state index contributed by atoms with van der Waals surface area (Å²) in [5.74, 6) is 0.908. The summed E-state index contributed by atoms with van der Waals surface area (Å²) in [7, 11) is 1.42. The number of hydrogen-bond acceptors (Lipinski definition) is 7. The number of likely N-dealkylation sites (tertiary alicyclic amines) is 1. The van der Waals surface area contributed by atoms with E-state index in [9.17, 15) is 9.59 Å². The third-order valence-corrected chi connectivity index (χ3v) is 8.73. The molecular weight excluding hydrogens is 530 g/mol. The maximum absolute atomic E-state index is 12.4. The number of esters is 1. The topological polar surface area (TPSA) is 104 Å².